The SMILES string of the molecule is CCCCCCCCCCCCCCCCCCCCCC/C=C\C(N)=O. The Balaban J connectivity index is 3.02. The first kappa shape index (κ1) is 26.2. The van der Waals surface area contributed by atoms with E-state index in [9.17, 15) is 4.79 Å². The third-order valence-corrected chi connectivity index (χ3v) is 5.51. The predicted molar refractivity (Wildman–Crippen MR) is 121 cm³/mol. The molecular formula is C25H49NO. The Morgan fingerprint density at radius 3 is 1.15 bits per heavy atom. The Labute approximate surface area is 170 Å². The maximum Gasteiger partial charge on any atom is 0.241 e. The summed E-state index contributed by atoms with van der Waals surface area (Å²) in [6, 6.07) is 0. The first-order chi connectivity index (χ1) is 13.3. The van der Waals surface area contributed by atoms with Gasteiger partial charge < -0.3 is 5.73 Å². The van der Waals surface area contributed by atoms with E-state index in [0.29, 0.717) is 0 Å². The quantitative estimate of drug-likeness (QED) is 0.149. The molecular weight excluding hydrogens is 330 g/mol. The summed E-state index contributed by atoms with van der Waals surface area (Å²) in [6.07, 6.45) is 32.6. The van der Waals surface area contributed by atoms with Crippen molar-refractivity contribution in [3.8, 4) is 0 Å². The summed E-state index contributed by atoms with van der Waals surface area (Å²) in [5, 5.41) is 0. The fourth-order valence-corrected chi connectivity index (χ4v) is 3.72. The van der Waals surface area contributed by atoms with Gasteiger partial charge in [-0.25, -0.2) is 0 Å². The van der Waals surface area contributed by atoms with Gasteiger partial charge in [-0.15, -0.1) is 0 Å². The Kier molecular flexibility index (Phi) is 22.6. The standard InChI is InChI=1S/C25H49NO/c1-2-3-4-5-6-7-8-9-10-11-12-13-14-15-16-17-18-19-20-21-22-23-24-25(26)27/h23-24H,2-22H2,1H3,(H2,26,27)/b24-23-. The van der Waals surface area contributed by atoms with Gasteiger partial charge in [-0.3, -0.25) is 4.79 Å². The highest BCUT2D eigenvalue weighted by molar-refractivity contribution is 5.85. The second-order valence-electron chi connectivity index (χ2n) is 8.31. The van der Waals surface area contributed by atoms with Crippen molar-refractivity contribution in [2.75, 3.05) is 0 Å². The fraction of sp³-hybridized carbons (Fsp3) is 0.880. The lowest BCUT2D eigenvalue weighted by Crippen LogP contribution is -2.05. The minimum atomic E-state index is -0.330. The van der Waals surface area contributed by atoms with Crippen LogP contribution in [0.2, 0.25) is 0 Å². The fourth-order valence-electron chi connectivity index (χ4n) is 3.72. The van der Waals surface area contributed by atoms with E-state index in [1.165, 1.54) is 134 Å². The molecule has 2 nitrogen and oxygen atoms in total. The Morgan fingerprint density at radius 1 is 0.556 bits per heavy atom. The first-order valence-corrected chi connectivity index (χ1v) is 12.2. The van der Waals surface area contributed by atoms with Crippen molar-refractivity contribution >= 4 is 5.91 Å². The number of unbranched alkanes of at least 4 members (excludes halogenated alkanes) is 20. The molecule has 0 atom stereocenters. The van der Waals surface area contributed by atoms with Crippen LogP contribution in [0.4, 0.5) is 0 Å². The zero-order valence-corrected chi connectivity index (χ0v) is 18.5. The largest absolute Gasteiger partial charge is 0.366 e. The van der Waals surface area contributed by atoms with E-state index in [1.807, 2.05) is 6.08 Å². The van der Waals surface area contributed by atoms with E-state index in [4.69, 9.17) is 5.73 Å². The van der Waals surface area contributed by atoms with Crippen molar-refractivity contribution in [1.29, 1.82) is 0 Å². The summed E-state index contributed by atoms with van der Waals surface area (Å²) < 4.78 is 0. The van der Waals surface area contributed by atoms with Crippen molar-refractivity contribution in [3.05, 3.63) is 12.2 Å². The molecule has 0 spiro atoms. The Bertz CT molecular complexity index is 324. The molecule has 160 valence electrons. The molecule has 0 saturated heterocycles. The lowest BCUT2D eigenvalue weighted by atomic mass is 10.0. The maximum atomic E-state index is 10.5. The number of primary amides is 1. The van der Waals surface area contributed by atoms with Crippen molar-refractivity contribution in [1.82, 2.24) is 0 Å². The molecule has 0 aromatic rings. The van der Waals surface area contributed by atoms with Gasteiger partial charge >= 0.3 is 0 Å². The summed E-state index contributed by atoms with van der Waals surface area (Å²) >= 11 is 0. The van der Waals surface area contributed by atoms with Gasteiger partial charge in [0.05, 0.1) is 0 Å². The summed E-state index contributed by atoms with van der Waals surface area (Å²) in [6.45, 7) is 2.29. The smallest absolute Gasteiger partial charge is 0.241 e. The van der Waals surface area contributed by atoms with Gasteiger partial charge in [-0.05, 0) is 18.9 Å². The van der Waals surface area contributed by atoms with Gasteiger partial charge in [0, 0.05) is 0 Å². The van der Waals surface area contributed by atoms with Crippen LogP contribution in [0.5, 0.6) is 0 Å². The molecule has 1 amide bonds. The Morgan fingerprint density at radius 2 is 0.852 bits per heavy atom. The average molecular weight is 380 g/mol. The van der Waals surface area contributed by atoms with Crippen LogP contribution in [-0.4, -0.2) is 5.91 Å². The number of allylic oxidation sites excluding steroid dienone is 1. The molecule has 0 unspecified atom stereocenters. The summed E-state index contributed by atoms with van der Waals surface area (Å²) in [5.41, 5.74) is 5.06. The van der Waals surface area contributed by atoms with E-state index in [2.05, 4.69) is 6.92 Å². The molecule has 0 aliphatic rings. The highest BCUT2D eigenvalue weighted by atomic mass is 16.1. The second kappa shape index (κ2) is 23.2. The second-order valence-corrected chi connectivity index (χ2v) is 8.31. The van der Waals surface area contributed by atoms with Crippen LogP contribution in [-0.2, 0) is 4.79 Å². The number of rotatable bonds is 22. The van der Waals surface area contributed by atoms with Crippen LogP contribution in [0.15, 0.2) is 12.2 Å². The van der Waals surface area contributed by atoms with Crippen molar-refractivity contribution < 1.29 is 4.79 Å². The van der Waals surface area contributed by atoms with Crippen molar-refractivity contribution in [3.63, 3.8) is 0 Å². The Hall–Kier alpha value is -0.790. The molecule has 0 bridgehead atoms. The lowest BCUT2D eigenvalue weighted by Gasteiger charge is -2.04. The molecule has 2 N–H and O–H groups in total. The highest BCUT2D eigenvalue weighted by Gasteiger charge is 1.95. The van der Waals surface area contributed by atoms with E-state index >= 15 is 0 Å². The van der Waals surface area contributed by atoms with Gasteiger partial charge in [0.2, 0.25) is 5.91 Å². The molecule has 0 aliphatic heterocycles. The molecule has 0 rings (SSSR count). The average Bonchev–Trinajstić information content (AvgIpc) is 2.65. The molecule has 0 aliphatic carbocycles. The molecule has 0 saturated carbocycles. The van der Waals surface area contributed by atoms with E-state index in [0.717, 1.165) is 6.42 Å². The van der Waals surface area contributed by atoms with Gasteiger partial charge in [0.25, 0.3) is 0 Å². The first-order valence-electron chi connectivity index (χ1n) is 12.2. The number of amides is 1. The molecule has 0 radical (unpaired) electrons. The minimum Gasteiger partial charge on any atom is -0.366 e. The zero-order valence-electron chi connectivity index (χ0n) is 18.5. The lowest BCUT2D eigenvalue weighted by molar-refractivity contribution is -0.113. The highest BCUT2D eigenvalue weighted by Crippen LogP contribution is 2.15. The molecule has 0 heterocycles. The van der Waals surface area contributed by atoms with E-state index in [-0.39, 0.29) is 5.91 Å². The van der Waals surface area contributed by atoms with Gasteiger partial charge in [-0.2, -0.15) is 0 Å². The number of hydrogen-bond donors (Lipinski definition) is 1. The van der Waals surface area contributed by atoms with E-state index in [1.54, 1.807) is 0 Å². The van der Waals surface area contributed by atoms with Crippen LogP contribution >= 0.6 is 0 Å². The number of carbonyl (C=O) groups excluding carboxylic acids is 1. The van der Waals surface area contributed by atoms with Gasteiger partial charge in [-0.1, -0.05) is 135 Å². The molecule has 0 aromatic carbocycles. The predicted octanol–water partition coefficient (Wildman–Crippen LogP) is 8.24. The third-order valence-electron chi connectivity index (χ3n) is 5.51. The van der Waals surface area contributed by atoms with Gasteiger partial charge in [0.1, 0.15) is 0 Å². The number of nitrogens with two attached hydrogens (primary N) is 1. The summed E-state index contributed by atoms with van der Waals surface area (Å²) in [7, 11) is 0. The zero-order chi connectivity index (χ0) is 19.8. The molecule has 0 fully saturated rings. The maximum absolute atomic E-state index is 10.5. The van der Waals surface area contributed by atoms with Crippen molar-refractivity contribution in [2.45, 2.75) is 142 Å². The van der Waals surface area contributed by atoms with Crippen LogP contribution in [0.25, 0.3) is 0 Å². The molecule has 2 heteroatoms. The summed E-state index contributed by atoms with van der Waals surface area (Å²) in [4.78, 5) is 10.5. The number of carbonyl (C=O) groups is 1. The van der Waals surface area contributed by atoms with Crippen LogP contribution in [0.1, 0.15) is 142 Å². The van der Waals surface area contributed by atoms with E-state index < -0.39 is 0 Å². The van der Waals surface area contributed by atoms with Crippen molar-refractivity contribution in [2.24, 2.45) is 5.73 Å². The number of hydrogen-bond acceptors (Lipinski definition) is 1. The minimum absolute atomic E-state index is 0.330. The normalized spacial score (nSPS) is 11.4. The molecule has 27 heavy (non-hydrogen) atoms. The topological polar surface area (TPSA) is 43.1 Å². The van der Waals surface area contributed by atoms with Crippen LogP contribution in [0, 0.1) is 0 Å². The molecule has 0 aromatic heterocycles. The van der Waals surface area contributed by atoms with Gasteiger partial charge in [0.15, 0.2) is 0 Å². The summed E-state index contributed by atoms with van der Waals surface area (Å²) in [5.74, 6) is -0.330. The monoisotopic (exact) mass is 379 g/mol. The van der Waals surface area contributed by atoms with Crippen LogP contribution in [0.3, 0.4) is 0 Å². The third kappa shape index (κ3) is 25.2. The van der Waals surface area contributed by atoms with Crippen LogP contribution < -0.4 is 5.73 Å².